The minimum Gasteiger partial charge on any atom is -0.357 e. The number of benzene rings is 2. The fraction of sp³-hybridized carbons (Fsp3) is 0.381. The Bertz CT molecular complexity index is 923. The highest BCUT2D eigenvalue weighted by molar-refractivity contribution is 14.0. The lowest BCUT2D eigenvalue weighted by atomic mass is 10.2. The van der Waals surface area contributed by atoms with Crippen LogP contribution in [0.25, 0.3) is 0 Å². The maximum atomic E-state index is 13.3. The fourth-order valence-corrected chi connectivity index (χ4v) is 3.70. The number of hydrogen-bond acceptors (Lipinski definition) is 3. The second-order valence-corrected chi connectivity index (χ2v) is 8.34. The van der Waals surface area contributed by atoms with E-state index in [2.05, 4.69) is 27.3 Å². The highest BCUT2D eigenvalue weighted by Crippen LogP contribution is 2.13. The van der Waals surface area contributed by atoms with Crippen molar-refractivity contribution in [2.75, 3.05) is 13.1 Å². The Balaban J connectivity index is 0.00000450. The molecule has 3 N–H and O–H groups in total. The van der Waals surface area contributed by atoms with E-state index in [1.807, 2.05) is 13.0 Å². The van der Waals surface area contributed by atoms with Gasteiger partial charge in [0.05, 0.1) is 11.4 Å². The van der Waals surface area contributed by atoms with Crippen molar-refractivity contribution in [3.63, 3.8) is 0 Å². The summed E-state index contributed by atoms with van der Waals surface area (Å²) < 4.78 is 41.0. The van der Waals surface area contributed by atoms with Crippen LogP contribution in [0.4, 0.5) is 4.39 Å². The maximum Gasteiger partial charge on any atom is 0.240 e. The first-order valence-corrected chi connectivity index (χ1v) is 11.3. The van der Waals surface area contributed by atoms with Gasteiger partial charge in [-0.3, -0.25) is 0 Å². The molecular weight excluding hydrogens is 518 g/mol. The van der Waals surface area contributed by atoms with Gasteiger partial charge in [-0.2, -0.15) is 0 Å². The summed E-state index contributed by atoms with van der Waals surface area (Å²) in [4.78, 5) is 4.68. The fourth-order valence-electron chi connectivity index (χ4n) is 2.62. The monoisotopic (exact) mass is 548 g/mol. The van der Waals surface area contributed by atoms with E-state index in [1.165, 1.54) is 18.2 Å². The Labute approximate surface area is 195 Å². The van der Waals surface area contributed by atoms with Crippen molar-refractivity contribution in [2.45, 2.75) is 44.7 Å². The number of nitrogens with zero attached hydrogens (tertiary/aromatic N) is 1. The molecule has 2 aromatic rings. The minimum absolute atomic E-state index is 0. The van der Waals surface area contributed by atoms with E-state index in [4.69, 9.17) is 0 Å². The Morgan fingerprint density at radius 3 is 2.47 bits per heavy atom. The van der Waals surface area contributed by atoms with Crippen LogP contribution in [-0.4, -0.2) is 27.5 Å². The Kier molecular flexibility index (Phi) is 11.9. The van der Waals surface area contributed by atoms with E-state index >= 15 is 0 Å². The van der Waals surface area contributed by atoms with Crippen LogP contribution in [0, 0.1) is 5.82 Å². The van der Waals surface area contributed by atoms with Gasteiger partial charge < -0.3 is 10.6 Å². The summed E-state index contributed by atoms with van der Waals surface area (Å²) in [5.74, 6) is 0.309. The van der Waals surface area contributed by atoms with Crippen molar-refractivity contribution < 1.29 is 12.8 Å². The number of guanidine groups is 1. The first-order valence-electron chi connectivity index (χ1n) is 9.80. The molecule has 9 heteroatoms. The van der Waals surface area contributed by atoms with Crippen molar-refractivity contribution in [3.05, 3.63) is 65.5 Å². The molecule has 0 spiro atoms. The van der Waals surface area contributed by atoms with Crippen molar-refractivity contribution >= 4 is 40.0 Å². The highest BCUT2D eigenvalue weighted by Gasteiger charge is 2.14. The lowest BCUT2D eigenvalue weighted by Gasteiger charge is -2.11. The van der Waals surface area contributed by atoms with Crippen LogP contribution >= 0.6 is 24.0 Å². The Morgan fingerprint density at radius 1 is 1.03 bits per heavy atom. The minimum atomic E-state index is -3.71. The quantitative estimate of drug-likeness (QED) is 0.183. The van der Waals surface area contributed by atoms with E-state index in [9.17, 15) is 12.8 Å². The molecular formula is C21H30FIN4O2S. The number of hydrogen-bond donors (Lipinski definition) is 3. The maximum absolute atomic E-state index is 13.3. The molecule has 166 valence electrons. The molecule has 0 aliphatic heterocycles. The van der Waals surface area contributed by atoms with Crippen LogP contribution in [0.3, 0.4) is 0 Å². The van der Waals surface area contributed by atoms with Gasteiger partial charge in [0.25, 0.3) is 0 Å². The zero-order valence-electron chi connectivity index (χ0n) is 17.3. The van der Waals surface area contributed by atoms with E-state index in [0.29, 0.717) is 18.1 Å². The average molecular weight is 548 g/mol. The average Bonchev–Trinajstić information content (AvgIpc) is 2.71. The first kappa shape index (κ1) is 26.3. The molecule has 0 radical (unpaired) electrons. The molecule has 0 fully saturated rings. The number of halogens is 2. The van der Waals surface area contributed by atoms with Crippen LogP contribution < -0.4 is 15.4 Å². The molecule has 0 saturated carbocycles. The summed E-state index contributed by atoms with van der Waals surface area (Å²) in [6, 6.07) is 12.5. The summed E-state index contributed by atoms with van der Waals surface area (Å²) in [5, 5.41) is 6.43. The molecule has 2 rings (SSSR count). The number of nitrogens with one attached hydrogen (secondary N) is 3. The van der Waals surface area contributed by atoms with Crippen molar-refractivity contribution in [3.8, 4) is 0 Å². The second kappa shape index (κ2) is 13.6. The second-order valence-electron chi connectivity index (χ2n) is 6.58. The predicted molar refractivity (Wildman–Crippen MR) is 130 cm³/mol. The molecule has 0 heterocycles. The third kappa shape index (κ3) is 8.97. The van der Waals surface area contributed by atoms with Crippen molar-refractivity contribution in [1.82, 2.24) is 15.4 Å². The molecule has 0 aliphatic carbocycles. The molecule has 6 nitrogen and oxygen atoms in total. The summed E-state index contributed by atoms with van der Waals surface area (Å²) in [6.07, 6.45) is 2.14. The lowest BCUT2D eigenvalue weighted by molar-refractivity contribution is 0.580. The number of aliphatic imine (C=N–C) groups is 1. The van der Waals surface area contributed by atoms with Gasteiger partial charge >= 0.3 is 0 Å². The van der Waals surface area contributed by atoms with Crippen LogP contribution in [0.2, 0.25) is 0 Å². The van der Waals surface area contributed by atoms with Crippen LogP contribution in [-0.2, 0) is 23.1 Å². The first-order chi connectivity index (χ1) is 13.9. The zero-order chi connectivity index (χ0) is 21.1. The van der Waals surface area contributed by atoms with Crippen molar-refractivity contribution in [1.29, 1.82) is 0 Å². The lowest BCUT2D eigenvalue weighted by Crippen LogP contribution is -2.37. The van der Waals surface area contributed by atoms with Crippen molar-refractivity contribution in [2.24, 2.45) is 4.99 Å². The molecule has 0 saturated heterocycles. The smallest absolute Gasteiger partial charge is 0.240 e. The molecule has 0 aliphatic rings. The zero-order valence-corrected chi connectivity index (χ0v) is 20.5. The van der Waals surface area contributed by atoms with E-state index < -0.39 is 15.8 Å². The van der Waals surface area contributed by atoms with E-state index in [-0.39, 0.29) is 35.4 Å². The van der Waals surface area contributed by atoms with Gasteiger partial charge in [-0.25, -0.2) is 22.5 Å². The summed E-state index contributed by atoms with van der Waals surface area (Å²) in [7, 11) is -3.71. The van der Waals surface area contributed by atoms with E-state index in [1.54, 1.807) is 24.3 Å². The van der Waals surface area contributed by atoms with Crippen LogP contribution in [0.1, 0.15) is 37.8 Å². The van der Waals surface area contributed by atoms with Gasteiger partial charge in [-0.05, 0) is 48.7 Å². The molecule has 0 unspecified atom stereocenters. The molecule has 30 heavy (non-hydrogen) atoms. The van der Waals surface area contributed by atoms with Crippen LogP contribution in [0.15, 0.2) is 58.4 Å². The topological polar surface area (TPSA) is 82.6 Å². The molecule has 0 amide bonds. The number of sulfonamides is 1. The van der Waals surface area contributed by atoms with Gasteiger partial charge in [0.2, 0.25) is 10.0 Å². The molecule has 0 aromatic heterocycles. The number of unbranched alkanes of at least 4 members (excludes halogenated alkanes) is 1. The Hall–Kier alpha value is -1.72. The predicted octanol–water partition coefficient (Wildman–Crippen LogP) is 3.78. The summed E-state index contributed by atoms with van der Waals surface area (Å²) in [5.41, 5.74) is 1.34. The van der Waals surface area contributed by atoms with Gasteiger partial charge in [0.15, 0.2) is 5.96 Å². The summed E-state index contributed by atoms with van der Waals surface area (Å²) >= 11 is 0. The SMILES string of the molecule is CCCCNC(=NCc1cccc(S(=O)(=O)NCc2cccc(F)c2)c1)NCC.I. The van der Waals surface area contributed by atoms with Gasteiger partial charge in [0.1, 0.15) is 5.82 Å². The summed E-state index contributed by atoms with van der Waals surface area (Å²) in [6.45, 7) is 6.08. The van der Waals surface area contributed by atoms with Gasteiger partial charge in [-0.15, -0.1) is 24.0 Å². The normalized spacial score (nSPS) is 11.6. The Morgan fingerprint density at radius 2 is 1.77 bits per heavy atom. The largest absolute Gasteiger partial charge is 0.357 e. The van der Waals surface area contributed by atoms with Gasteiger partial charge in [0, 0.05) is 19.6 Å². The third-order valence-corrected chi connectivity index (χ3v) is 5.55. The third-order valence-electron chi connectivity index (χ3n) is 4.15. The number of rotatable bonds is 10. The highest BCUT2D eigenvalue weighted by atomic mass is 127. The van der Waals surface area contributed by atoms with Gasteiger partial charge in [-0.1, -0.05) is 37.6 Å². The standard InChI is InChI=1S/C21H29FN4O2S.HI/c1-3-5-12-24-21(23-4-2)25-15-18-9-7-11-20(14-18)29(27,28)26-16-17-8-6-10-19(22)13-17;/h6-11,13-14,26H,3-5,12,15-16H2,1-2H3,(H2,23,24,25);1H. The van der Waals surface area contributed by atoms with Crippen LogP contribution in [0.5, 0.6) is 0 Å². The molecule has 0 bridgehead atoms. The molecule has 2 aromatic carbocycles. The van der Waals surface area contributed by atoms with E-state index in [0.717, 1.165) is 31.5 Å². The molecule has 0 atom stereocenters.